The molecule has 1 rings (SSSR count). The van der Waals surface area contributed by atoms with Crippen molar-refractivity contribution in [1.82, 2.24) is 10.3 Å². The molecule has 0 spiro atoms. The van der Waals surface area contributed by atoms with Gasteiger partial charge in [-0.15, -0.1) is 0 Å². The van der Waals surface area contributed by atoms with Crippen LogP contribution in [-0.4, -0.2) is 23.6 Å². The van der Waals surface area contributed by atoms with Crippen LogP contribution < -0.4 is 15.8 Å². The number of nitrogens with one attached hydrogen (secondary N) is 1. The molecule has 106 valence electrons. The average molecular weight is 264 g/mol. The summed E-state index contributed by atoms with van der Waals surface area (Å²) in [6.45, 7) is 7.45. The molecule has 0 saturated carbocycles. The van der Waals surface area contributed by atoms with Gasteiger partial charge < -0.3 is 15.8 Å². The first-order chi connectivity index (χ1) is 9.15. The summed E-state index contributed by atoms with van der Waals surface area (Å²) in [5.41, 5.74) is 6.80. The average Bonchev–Trinajstić information content (AvgIpc) is 2.43. The third-order valence-electron chi connectivity index (χ3n) is 2.69. The molecule has 5 heteroatoms. The first-order valence-electron chi connectivity index (χ1n) is 6.79. The highest BCUT2D eigenvalue weighted by Crippen LogP contribution is 2.08. The van der Waals surface area contributed by atoms with E-state index in [2.05, 4.69) is 36.1 Å². The van der Waals surface area contributed by atoms with E-state index >= 15 is 0 Å². The second-order valence-corrected chi connectivity index (χ2v) is 4.51. The number of rotatable bonds is 7. The fourth-order valence-corrected chi connectivity index (χ4v) is 1.37. The van der Waals surface area contributed by atoms with Gasteiger partial charge in [0.05, 0.1) is 13.2 Å². The molecule has 3 N–H and O–H groups in total. The topological polar surface area (TPSA) is 72.5 Å². The number of aromatic nitrogens is 1. The lowest BCUT2D eigenvalue weighted by Gasteiger charge is -2.11. The molecule has 0 aromatic carbocycles. The molecule has 0 aliphatic heterocycles. The highest BCUT2D eigenvalue weighted by atomic mass is 16.5. The van der Waals surface area contributed by atoms with Crippen LogP contribution in [0.1, 0.15) is 39.2 Å². The Balaban J connectivity index is 2.46. The minimum Gasteiger partial charge on any atom is -0.478 e. The molecule has 1 atom stereocenters. The van der Waals surface area contributed by atoms with Crippen molar-refractivity contribution in [2.75, 3.05) is 6.61 Å². The van der Waals surface area contributed by atoms with E-state index in [1.54, 1.807) is 6.20 Å². The fourth-order valence-electron chi connectivity index (χ4n) is 1.37. The van der Waals surface area contributed by atoms with Crippen molar-refractivity contribution in [1.29, 1.82) is 0 Å². The predicted molar refractivity (Wildman–Crippen MR) is 78.2 cm³/mol. The molecule has 0 radical (unpaired) electrons. The highest BCUT2D eigenvalue weighted by molar-refractivity contribution is 5.78. The van der Waals surface area contributed by atoms with Crippen LogP contribution in [0.3, 0.4) is 0 Å². The van der Waals surface area contributed by atoms with Gasteiger partial charge in [-0.05, 0) is 25.3 Å². The van der Waals surface area contributed by atoms with Crippen LogP contribution >= 0.6 is 0 Å². The summed E-state index contributed by atoms with van der Waals surface area (Å²) in [6.07, 6.45) is 3.76. The van der Waals surface area contributed by atoms with Crippen molar-refractivity contribution >= 4 is 5.96 Å². The smallest absolute Gasteiger partial charge is 0.213 e. The maximum Gasteiger partial charge on any atom is 0.213 e. The zero-order valence-corrected chi connectivity index (χ0v) is 12.0. The standard InChI is InChI=1S/C14H24N4O/c1-4-8-19-13-7-6-12(9-16-13)10-17-14(15)18-11(3)5-2/h6-7,9,11H,4-5,8,10H2,1-3H3,(H3,15,17,18). The number of ether oxygens (including phenoxy) is 1. The van der Waals surface area contributed by atoms with Crippen LogP contribution in [0.25, 0.3) is 0 Å². The SMILES string of the molecule is CCCOc1ccc(CN=C(N)NC(C)CC)cn1. The van der Waals surface area contributed by atoms with Crippen LogP contribution in [-0.2, 0) is 6.54 Å². The zero-order chi connectivity index (χ0) is 14.1. The third kappa shape index (κ3) is 6.08. The van der Waals surface area contributed by atoms with Gasteiger partial charge in [0.1, 0.15) is 0 Å². The van der Waals surface area contributed by atoms with Gasteiger partial charge in [-0.3, -0.25) is 0 Å². The Labute approximate surface area is 115 Å². The number of nitrogens with zero attached hydrogens (tertiary/aromatic N) is 2. The van der Waals surface area contributed by atoms with Gasteiger partial charge in [0.15, 0.2) is 5.96 Å². The van der Waals surface area contributed by atoms with Crippen LogP contribution in [0.15, 0.2) is 23.3 Å². The molecule has 1 aromatic rings. The van der Waals surface area contributed by atoms with Crippen LogP contribution in [0.5, 0.6) is 5.88 Å². The summed E-state index contributed by atoms with van der Waals surface area (Å²) in [7, 11) is 0. The monoisotopic (exact) mass is 264 g/mol. The molecule has 0 aliphatic rings. The molecule has 0 saturated heterocycles. The summed E-state index contributed by atoms with van der Waals surface area (Å²) in [5.74, 6) is 1.13. The second-order valence-electron chi connectivity index (χ2n) is 4.51. The van der Waals surface area contributed by atoms with Crippen molar-refractivity contribution in [3.8, 4) is 5.88 Å². The quantitative estimate of drug-likeness (QED) is 0.584. The highest BCUT2D eigenvalue weighted by Gasteiger charge is 2.00. The maximum absolute atomic E-state index is 5.79. The van der Waals surface area contributed by atoms with Crippen LogP contribution in [0, 0.1) is 0 Å². The van der Waals surface area contributed by atoms with Gasteiger partial charge in [-0.2, -0.15) is 0 Å². The maximum atomic E-state index is 5.79. The van der Waals surface area contributed by atoms with E-state index in [0.717, 1.165) is 18.4 Å². The number of nitrogens with two attached hydrogens (primary N) is 1. The number of guanidine groups is 1. The Morgan fingerprint density at radius 3 is 2.84 bits per heavy atom. The molecular weight excluding hydrogens is 240 g/mol. The second kappa shape index (κ2) is 8.34. The van der Waals surface area contributed by atoms with Gasteiger partial charge in [0.25, 0.3) is 0 Å². The molecule has 0 bridgehead atoms. The van der Waals surface area contributed by atoms with E-state index in [9.17, 15) is 0 Å². The fraction of sp³-hybridized carbons (Fsp3) is 0.571. The Morgan fingerprint density at radius 1 is 1.47 bits per heavy atom. The van der Waals surface area contributed by atoms with Gasteiger partial charge in [0.2, 0.25) is 5.88 Å². The van der Waals surface area contributed by atoms with Crippen LogP contribution in [0.2, 0.25) is 0 Å². The van der Waals surface area contributed by atoms with Crippen molar-refractivity contribution in [3.63, 3.8) is 0 Å². The number of hydrogen-bond donors (Lipinski definition) is 2. The number of hydrogen-bond acceptors (Lipinski definition) is 3. The normalized spacial score (nSPS) is 13.1. The Hall–Kier alpha value is -1.78. The lowest BCUT2D eigenvalue weighted by Crippen LogP contribution is -2.38. The van der Waals surface area contributed by atoms with Gasteiger partial charge in [-0.1, -0.05) is 19.9 Å². The minimum absolute atomic E-state index is 0.340. The van der Waals surface area contributed by atoms with E-state index in [-0.39, 0.29) is 0 Å². The molecule has 1 unspecified atom stereocenters. The minimum atomic E-state index is 0.340. The summed E-state index contributed by atoms with van der Waals surface area (Å²) in [4.78, 5) is 8.50. The van der Waals surface area contributed by atoms with E-state index in [0.29, 0.717) is 31.0 Å². The third-order valence-corrected chi connectivity index (χ3v) is 2.69. The van der Waals surface area contributed by atoms with Crippen molar-refractivity contribution in [3.05, 3.63) is 23.9 Å². The Kier molecular flexibility index (Phi) is 6.71. The van der Waals surface area contributed by atoms with E-state index < -0.39 is 0 Å². The Bertz CT molecular complexity index is 389. The largest absolute Gasteiger partial charge is 0.478 e. The molecule has 0 fully saturated rings. The Morgan fingerprint density at radius 2 is 2.26 bits per heavy atom. The van der Waals surface area contributed by atoms with E-state index in [4.69, 9.17) is 10.5 Å². The van der Waals surface area contributed by atoms with Gasteiger partial charge in [0, 0.05) is 18.3 Å². The summed E-state index contributed by atoms with van der Waals surface area (Å²) in [5, 5.41) is 3.12. The first kappa shape index (κ1) is 15.3. The summed E-state index contributed by atoms with van der Waals surface area (Å²) in [6, 6.07) is 4.16. The van der Waals surface area contributed by atoms with E-state index in [1.807, 2.05) is 12.1 Å². The molecule has 0 aliphatic carbocycles. The number of pyridine rings is 1. The van der Waals surface area contributed by atoms with Crippen LogP contribution in [0.4, 0.5) is 0 Å². The summed E-state index contributed by atoms with van der Waals surface area (Å²) < 4.78 is 5.42. The molecular formula is C14H24N4O. The van der Waals surface area contributed by atoms with Crippen molar-refractivity contribution < 1.29 is 4.74 Å². The molecule has 1 heterocycles. The molecule has 1 aromatic heterocycles. The summed E-state index contributed by atoms with van der Waals surface area (Å²) >= 11 is 0. The predicted octanol–water partition coefficient (Wildman–Crippen LogP) is 2.07. The molecule has 19 heavy (non-hydrogen) atoms. The van der Waals surface area contributed by atoms with Gasteiger partial charge >= 0.3 is 0 Å². The van der Waals surface area contributed by atoms with Crippen molar-refractivity contribution in [2.24, 2.45) is 10.7 Å². The lowest BCUT2D eigenvalue weighted by molar-refractivity contribution is 0.305. The van der Waals surface area contributed by atoms with Crippen molar-refractivity contribution in [2.45, 2.75) is 46.2 Å². The van der Waals surface area contributed by atoms with Gasteiger partial charge in [-0.25, -0.2) is 9.98 Å². The number of aliphatic imine (C=N–C) groups is 1. The zero-order valence-electron chi connectivity index (χ0n) is 12.0. The van der Waals surface area contributed by atoms with E-state index in [1.165, 1.54) is 0 Å². The molecule has 0 amide bonds. The molecule has 5 nitrogen and oxygen atoms in total. The lowest BCUT2D eigenvalue weighted by atomic mass is 10.3. The first-order valence-corrected chi connectivity index (χ1v) is 6.79.